The fourth-order valence-electron chi connectivity index (χ4n) is 3.87. The van der Waals surface area contributed by atoms with E-state index in [0.717, 1.165) is 38.4 Å². The molecule has 5 nitrogen and oxygen atoms in total. The zero-order chi connectivity index (χ0) is 19.8. The molecule has 0 spiro atoms. The van der Waals surface area contributed by atoms with Crippen molar-refractivity contribution < 1.29 is 14.6 Å². The van der Waals surface area contributed by atoms with Crippen LogP contribution in [0.2, 0.25) is 0 Å². The Labute approximate surface area is 167 Å². The first-order valence-corrected chi connectivity index (χ1v) is 10.1. The van der Waals surface area contributed by atoms with Crippen LogP contribution in [0.4, 0.5) is 5.69 Å². The SMILES string of the molecule is Cc1ccccc1C[NH+]1CC[NH+](CC(=O)N(CCC#N)c2ccccc2)CC1. The van der Waals surface area contributed by atoms with Crippen molar-refractivity contribution in [3.63, 3.8) is 0 Å². The summed E-state index contributed by atoms with van der Waals surface area (Å²) in [6.45, 7) is 8.37. The van der Waals surface area contributed by atoms with E-state index in [1.807, 2.05) is 30.3 Å². The maximum Gasteiger partial charge on any atom is 0.282 e. The number of hydrogen-bond donors (Lipinski definition) is 2. The Morgan fingerprint density at radius 3 is 2.32 bits per heavy atom. The summed E-state index contributed by atoms with van der Waals surface area (Å²) in [6.07, 6.45) is 0.352. The number of anilines is 1. The zero-order valence-electron chi connectivity index (χ0n) is 16.7. The molecular formula is C23H30N4O+2. The van der Waals surface area contributed by atoms with Crippen LogP contribution in [0.5, 0.6) is 0 Å². The Morgan fingerprint density at radius 2 is 1.64 bits per heavy atom. The summed E-state index contributed by atoms with van der Waals surface area (Å²) in [5.41, 5.74) is 3.66. The fraction of sp³-hybridized carbons (Fsp3) is 0.391. The maximum absolute atomic E-state index is 12.9. The molecule has 0 radical (unpaired) electrons. The van der Waals surface area contributed by atoms with Gasteiger partial charge in [0.15, 0.2) is 6.54 Å². The van der Waals surface area contributed by atoms with E-state index in [2.05, 4.69) is 37.3 Å². The van der Waals surface area contributed by atoms with Gasteiger partial charge in [-0.25, -0.2) is 0 Å². The van der Waals surface area contributed by atoms with Gasteiger partial charge < -0.3 is 14.7 Å². The van der Waals surface area contributed by atoms with Crippen LogP contribution in [0.15, 0.2) is 54.6 Å². The van der Waals surface area contributed by atoms with Crippen molar-refractivity contribution in [2.75, 3.05) is 44.2 Å². The first kappa shape index (κ1) is 20.1. The second-order valence-electron chi connectivity index (χ2n) is 7.57. The molecule has 28 heavy (non-hydrogen) atoms. The number of hydrogen-bond acceptors (Lipinski definition) is 2. The van der Waals surface area contributed by atoms with Gasteiger partial charge in [0.05, 0.1) is 12.5 Å². The minimum Gasteiger partial charge on any atom is -0.322 e. The van der Waals surface area contributed by atoms with E-state index in [9.17, 15) is 4.79 Å². The minimum absolute atomic E-state index is 0.110. The summed E-state index contributed by atoms with van der Waals surface area (Å²) in [7, 11) is 0. The number of carbonyl (C=O) groups excluding carboxylic acids is 1. The molecule has 0 aromatic heterocycles. The van der Waals surface area contributed by atoms with Crippen molar-refractivity contribution in [2.24, 2.45) is 0 Å². The van der Waals surface area contributed by atoms with Gasteiger partial charge in [0.25, 0.3) is 5.91 Å². The molecule has 3 rings (SSSR count). The Bertz CT molecular complexity index is 807. The van der Waals surface area contributed by atoms with E-state index < -0.39 is 0 Å². The Hall–Kier alpha value is -2.68. The van der Waals surface area contributed by atoms with Gasteiger partial charge in [0, 0.05) is 17.8 Å². The summed E-state index contributed by atoms with van der Waals surface area (Å²) in [5, 5.41) is 8.94. The minimum atomic E-state index is 0.110. The van der Waals surface area contributed by atoms with Gasteiger partial charge in [0.2, 0.25) is 0 Å². The largest absolute Gasteiger partial charge is 0.322 e. The molecule has 0 saturated carbocycles. The summed E-state index contributed by atoms with van der Waals surface area (Å²) < 4.78 is 0. The lowest BCUT2D eigenvalue weighted by Gasteiger charge is -2.31. The molecule has 1 aliphatic heterocycles. The number of para-hydroxylation sites is 1. The van der Waals surface area contributed by atoms with Gasteiger partial charge in [-0.1, -0.05) is 42.5 Å². The third kappa shape index (κ3) is 5.41. The fourth-order valence-corrected chi connectivity index (χ4v) is 3.87. The van der Waals surface area contributed by atoms with Crippen LogP contribution in [0.3, 0.4) is 0 Å². The van der Waals surface area contributed by atoms with Crippen LogP contribution < -0.4 is 14.7 Å². The first-order chi connectivity index (χ1) is 13.7. The third-order valence-electron chi connectivity index (χ3n) is 5.58. The van der Waals surface area contributed by atoms with Crippen molar-refractivity contribution in [1.29, 1.82) is 5.26 Å². The molecule has 2 N–H and O–H groups in total. The quantitative estimate of drug-likeness (QED) is 0.725. The Balaban J connectivity index is 1.53. The van der Waals surface area contributed by atoms with Gasteiger partial charge in [0.1, 0.15) is 32.7 Å². The summed E-state index contributed by atoms with van der Waals surface area (Å²) >= 11 is 0. The first-order valence-electron chi connectivity index (χ1n) is 10.1. The highest BCUT2D eigenvalue weighted by molar-refractivity contribution is 5.94. The monoisotopic (exact) mass is 378 g/mol. The standard InChI is InChI=1S/C23H28N4O/c1-20-8-5-6-9-21(20)18-25-14-16-26(17-15-25)19-23(28)27(13-7-12-24)22-10-3-2-4-11-22/h2-6,8-11H,7,13-19H2,1H3/p+2. The molecule has 146 valence electrons. The number of nitrogens with one attached hydrogen (secondary N) is 2. The lowest BCUT2D eigenvalue weighted by Crippen LogP contribution is -3.28. The average molecular weight is 379 g/mol. The zero-order valence-corrected chi connectivity index (χ0v) is 16.7. The van der Waals surface area contributed by atoms with E-state index in [0.29, 0.717) is 19.5 Å². The van der Waals surface area contributed by atoms with Crippen molar-refractivity contribution in [3.8, 4) is 6.07 Å². The predicted octanol–water partition coefficient (Wildman–Crippen LogP) is 0.225. The number of quaternary nitrogens is 2. The molecule has 2 aromatic carbocycles. The van der Waals surface area contributed by atoms with Crippen LogP contribution in [0.25, 0.3) is 0 Å². The second-order valence-corrected chi connectivity index (χ2v) is 7.57. The number of piperazine rings is 1. The summed E-state index contributed by atoms with van der Waals surface area (Å²) in [4.78, 5) is 17.6. The van der Waals surface area contributed by atoms with Crippen LogP contribution in [0.1, 0.15) is 17.5 Å². The van der Waals surface area contributed by atoms with Gasteiger partial charge in [-0.05, 0) is 24.6 Å². The van der Waals surface area contributed by atoms with E-state index >= 15 is 0 Å². The summed E-state index contributed by atoms with van der Waals surface area (Å²) in [6, 6.07) is 20.4. The van der Waals surface area contributed by atoms with Gasteiger partial charge in [-0.15, -0.1) is 0 Å². The number of rotatable bonds is 7. The predicted molar refractivity (Wildman–Crippen MR) is 110 cm³/mol. The molecule has 0 aliphatic carbocycles. The third-order valence-corrected chi connectivity index (χ3v) is 5.58. The molecule has 1 fully saturated rings. The van der Waals surface area contributed by atoms with Crippen LogP contribution in [-0.2, 0) is 11.3 Å². The number of benzene rings is 2. The van der Waals surface area contributed by atoms with Crippen LogP contribution >= 0.6 is 0 Å². The van der Waals surface area contributed by atoms with Crippen molar-refractivity contribution >= 4 is 11.6 Å². The lowest BCUT2D eigenvalue weighted by atomic mass is 10.1. The van der Waals surface area contributed by atoms with Gasteiger partial charge in [-0.3, -0.25) is 4.79 Å². The van der Waals surface area contributed by atoms with Crippen molar-refractivity contribution in [2.45, 2.75) is 19.9 Å². The number of carbonyl (C=O) groups is 1. The molecule has 1 amide bonds. The number of nitriles is 1. The van der Waals surface area contributed by atoms with E-state index in [1.165, 1.54) is 16.0 Å². The molecule has 1 heterocycles. The summed E-state index contributed by atoms with van der Waals surface area (Å²) in [5.74, 6) is 0.110. The van der Waals surface area contributed by atoms with Crippen molar-refractivity contribution in [1.82, 2.24) is 0 Å². The molecule has 0 atom stereocenters. The number of nitrogens with zero attached hydrogens (tertiary/aromatic N) is 2. The topological polar surface area (TPSA) is 53.0 Å². The van der Waals surface area contributed by atoms with Crippen LogP contribution in [0, 0.1) is 18.3 Å². The average Bonchev–Trinajstić information content (AvgIpc) is 2.72. The normalized spacial score (nSPS) is 19.0. The van der Waals surface area contributed by atoms with E-state index in [4.69, 9.17) is 5.26 Å². The Morgan fingerprint density at radius 1 is 1.00 bits per heavy atom. The van der Waals surface area contributed by atoms with Gasteiger partial charge in [-0.2, -0.15) is 5.26 Å². The molecule has 5 heteroatoms. The molecule has 2 aromatic rings. The molecule has 1 saturated heterocycles. The maximum atomic E-state index is 12.9. The molecule has 0 unspecified atom stereocenters. The second kappa shape index (κ2) is 10.0. The highest BCUT2D eigenvalue weighted by Crippen LogP contribution is 2.13. The highest BCUT2D eigenvalue weighted by atomic mass is 16.2. The molecular weight excluding hydrogens is 348 g/mol. The van der Waals surface area contributed by atoms with Crippen LogP contribution in [-0.4, -0.2) is 45.2 Å². The highest BCUT2D eigenvalue weighted by Gasteiger charge is 2.27. The van der Waals surface area contributed by atoms with Crippen molar-refractivity contribution in [3.05, 3.63) is 65.7 Å². The molecule has 0 bridgehead atoms. The molecule has 1 aliphatic rings. The van der Waals surface area contributed by atoms with E-state index in [-0.39, 0.29) is 5.91 Å². The van der Waals surface area contributed by atoms with E-state index in [1.54, 1.807) is 9.80 Å². The number of aryl methyl sites for hydroxylation is 1. The number of amides is 1. The van der Waals surface area contributed by atoms with Gasteiger partial charge >= 0.3 is 0 Å². The lowest BCUT2D eigenvalue weighted by molar-refractivity contribution is -1.02. The smallest absolute Gasteiger partial charge is 0.282 e. The Kier molecular flexibility index (Phi) is 7.18.